The van der Waals surface area contributed by atoms with Gasteiger partial charge in [0.25, 0.3) is 11.5 Å². The Hall–Kier alpha value is -3.20. The first-order valence-electron chi connectivity index (χ1n) is 7.79. The van der Waals surface area contributed by atoms with Gasteiger partial charge >= 0.3 is 0 Å². The van der Waals surface area contributed by atoms with Gasteiger partial charge in [-0.15, -0.1) is 11.3 Å². The summed E-state index contributed by atoms with van der Waals surface area (Å²) >= 11 is 1.46. The average molecular weight is 372 g/mol. The largest absolute Gasteiger partial charge is 0.508 e. The topological polar surface area (TPSA) is 117 Å². The summed E-state index contributed by atoms with van der Waals surface area (Å²) in [5.74, 6) is -0.752. The maximum atomic E-state index is 12.4. The smallest absolute Gasteiger partial charge is 0.262 e. The number of nitrogens with one attached hydrogen (secondary N) is 1. The number of hydrogen-bond donors (Lipinski definition) is 3. The molecule has 8 nitrogen and oxygen atoms in total. The molecule has 26 heavy (non-hydrogen) atoms. The van der Waals surface area contributed by atoms with Crippen molar-refractivity contribution < 1.29 is 15.0 Å². The summed E-state index contributed by atoms with van der Waals surface area (Å²) in [6.07, 6.45) is 3.40. The molecular weight excluding hydrogens is 356 g/mol. The van der Waals surface area contributed by atoms with E-state index >= 15 is 0 Å². The Morgan fingerprint density at radius 3 is 2.92 bits per heavy atom. The van der Waals surface area contributed by atoms with Gasteiger partial charge in [-0.3, -0.25) is 14.2 Å². The fraction of sp³-hybridized carbons (Fsp3) is 0.176. The van der Waals surface area contributed by atoms with E-state index in [0.717, 1.165) is 17.4 Å². The minimum atomic E-state index is -0.506. The molecule has 0 aliphatic rings. The van der Waals surface area contributed by atoms with Crippen molar-refractivity contribution in [2.45, 2.75) is 19.9 Å². The molecule has 0 radical (unpaired) electrons. The summed E-state index contributed by atoms with van der Waals surface area (Å²) in [7, 11) is 0. The van der Waals surface area contributed by atoms with Gasteiger partial charge in [-0.1, -0.05) is 6.92 Å². The molecule has 0 saturated heterocycles. The fourth-order valence-electron chi connectivity index (χ4n) is 2.30. The normalized spacial score (nSPS) is 11.3. The zero-order chi connectivity index (χ0) is 18.7. The number of fused-ring (bicyclic) bond motifs is 1. The molecule has 1 amide bonds. The monoisotopic (exact) mass is 372 g/mol. The number of carbonyl (C=O) groups excluding carboxylic acids is 1. The van der Waals surface area contributed by atoms with E-state index in [1.807, 2.05) is 6.92 Å². The summed E-state index contributed by atoms with van der Waals surface area (Å²) in [5.41, 5.74) is 2.34. The minimum Gasteiger partial charge on any atom is -0.508 e. The fourth-order valence-corrected chi connectivity index (χ4v) is 3.23. The van der Waals surface area contributed by atoms with Gasteiger partial charge < -0.3 is 10.2 Å². The number of hydrazone groups is 1. The number of rotatable bonds is 5. The zero-order valence-electron chi connectivity index (χ0n) is 13.8. The zero-order valence-corrected chi connectivity index (χ0v) is 14.7. The van der Waals surface area contributed by atoms with Crippen LogP contribution in [0.3, 0.4) is 0 Å². The van der Waals surface area contributed by atoms with Gasteiger partial charge in [-0.25, -0.2) is 10.4 Å². The van der Waals surface area contributed by atoms with Crippen LogP contribution in [0.15, 0.2) is 40.5 Å². The van der Waals surface area contributed by atoms with Crippen molar-refractivity contribution in [3.63, 3.8) is 0 Å². The second-order valence-corrected chi connectivity index (χ2v) is 6.61. The first-order valence-corrected chi connectivity index (χ1v) is 8.61. The number of thiophene rings is 1. The Kier molecular flexibility index (Phi) is 4.99. The highest BCUT2D eigenvalue weighted by atomic mass is 32.1. The van der Waals surface area contributed by atoms with E-state index in [-0.39, 0.29) is 23.6 Å². The van der Waals surface area contributed by atoms with Gasteiger partial charge in [0, 0.05) is 16.5 Å². The van der Waals surface area contributed by atoms with Gasteiger partial charge in [-0.05, 0) is 24.6 Å². The summed E-state index contributed by atoms with van der Waals surface area (Å²) in [5, 5.41) is 23.1. The summed E-state index contributed by atoms with van der Waals surface area (Å²) in [6, 6.07) is 5.80. The van der Waals surface area contributed by atoms with Crippen molar-refractivity contribution in [1.29, 1.82) is 0 Å². The summed E-state index contributed by atoms with van der Waals surface area (Å²) in [4.78, 5) is 30.3. The number of aromatic hydroxyl groups is 2. The minimum absolute atomic E-state index is 0.0781. The van der Waals surface area contributed by atoms with Crippen molar-refractivity contribution in [3.05, 3.63) is 51.4 Å². The Morgan fingerprint density at radius 2 is 2.19 bits per heavy atom. The lowest BCUT2D eigenvalue weighted by Gasteiger charge is -2.04. The van der Waals surface area contributed by atoms with Crippen LogP contribution in [-0.4, -0.2) is 31.9 Å². The second-order valence-electron chi connectivity index (χ2n) is 5.50. The molecule has 0 aliphatic heterocycles. The molecule has 0 fully saturated rings. The van der Waals surface area contributed by atoms with E-state index in [1.165, 1.54) is 40.6 Å². The van der Waals surface area contributed by atoms with Crippen LogP contribution in [0.2, 0.25) is 0 Å². The third kappa shape index (κ3) is 3.72. The van der Waals surface area contributed by atoms with Crippen LogP contribution in [0.4, 0.5) is 0 Å². The van der Waals surface area contributed by atoms with E-state index in [9.17, 15) is 19.8 Å². The van der Waals surface area contributed by atoms with Crippen molar-refractivity contribution in [2.24, 2.45) is 5.10 Å². The number of hydrogen-bond acceptors (Lipinski definition) is 7. The first kappa shape index (κ1) is 17.6. The molecule has 0 spiro atoms. The Balaban J connectivity index is 1.70. The van der Waals surface area contributed by atoms with Crippen molar-refractivity contribution >= 4 is 33.7 Å². The quantitative estimate of drug-likeness (QED) is 0.464. The third-order valence-electron chi connectivity index (χ3n) is 3.64. The van der Waals surface area contributed by atoms with Gasteiger partial charge in [0.15, 0.2) is 0 Å². The van der Waals surface area contributed by atoms with Crippen molar-refractivity contribution in [1.82, 2.24) is 15.0 Å². The molecular formula is C17H16N4O4S. The number of nitrogens with zero attached hydrogens (tertiary/aromatic N) is 3. The summed E-state index contributed by atoms with van der Waals surface area (Å²) in [6.45, 7) is 1.78. The predicted octanol–water partition coefficient (Wildman–Crippen LogP) is 1.58. The number of aryl methyl sites for hydroxylation is 1. The summed E-state index contributed by atoms with van der Waals surface area (Å²) < 4.78 is 1.22. The highest BCUT2D eigenvalue weighted by Gasteiger charge is 2.10. The average Bonchev–Trinajstić information content (AvgIpc) is 3.03. The maximum absolute atomic E-state index is 12.4. The van der Waals surface area contributed by atoms with Gasteiger partial charge in [0.2, 0.25) is 0 Å². The molecule has 3 N–H and O–H groups in total. The number of phenols is 2. The molecule has 2 aromatic heterocycles. The molecule has 9 heteroatoms. The lowest BCUT2D eigenvalue weighted by Crippen LogP contribution is -2.29. The standard InChI is InChI=1S/C17H16N4O4S/c1-2-12-6-13-16(26-12)18-9-21(17(13)25)8-15(24)20-19-7-10-3-4-11(22)5-14(10)23/h3-7,9,22-23H,2,8H2,1H3,(H,20,24). The number of aromatic nitrogens is 2. The van der Waals surface area contributed by atoms with Crippen LogP contribution in [0.1, 0.15) is 17.4 Å². The number of benzene rings is 1. The van der Waals surface area contributed by atoms with E-state index in [1.54, 1.807) is 6.07 Å². The maximum Gasteiger partial charge on any atom is 0.262 e. The highest BCUT2D eigenvalue weighted by Crippen LogP contribution is 2.21. The van der Waals surface area contributed by atoms with Gasteiger partial charge in [0.1, 0.15) is 22.9 Å². The van der Waals surface area contributed by atoms with Crippen LogP contribution in [-0.2, 0) is 17.8 Å². The van der Waals surface area contributed by atoms with Crippen LogP contribution >= 0.6 is 11.3 Å². The molecule has 3 rings (SSSR count). The Labute approximate surface area is 152 Å². The number of phenolic OH excluding ortho intramolecular Hbond substituents is 2. The molecule has 0 bridgehead atoms. The molecule has 2 heterocycles. The molecule has 0 unspecified atom stereocenters. The van der Waals surface area contributed by atoms with E-state index in [2.05, 4.69) is 15.5 Å². The van der Waals surface area contributed by atoms with Gasteiger partial charge in [0.05, 0.1) is 17.9 Å². The van der Waals surface area contributed by atoms with Crippen LogP contribution in [0.5, 0.6) is 11.5 Å². The van der Waals surface area contributed by atoms with E-state index in [4.69, 9.17) is 0 Å². The molecule has 134 valence electrons. The molecule has 1 aromatic carbocycles. The van der Waals surface area contributed by atoms with Crippen molar-refractivity contribution in [2.75, 3.05) is 0 Å². The molecule has 3 aromatic rings. The lowest BCUT2D eigenvalue weighted by atomic mass is 10.2. The van der Waals surface area contributed by atoms with Crippen LogP contribution < -0.4 is 11.0 Å². The third-order valence-corrected chi connectivity index (χ3v) is 4.83. The molecule has 0 saturated carbocycles. The predicted molar refractivity (Wildman–Crippen MR) is 98.8 cm³/mol. The SMILES string of the molecule is CCc1cc2c(=O)n(CC(=O)NN=Cc3ccc(O)cc3O)cnc2s1. The van der Waals surface area contributed by atoms with E-state index in [0.29, 0.717) is 15.8 Å². The Bertz CT molecular complexity index is 1050. The van der Waals surface area contributed by atoms with Crippen molar-refractivity contribution in [3.8, 4) is 11.5 Å². The number of amides is 1. The molecule has 0 atom stereocenters. The van der Waals surface area contributed by atoms with Crippen LogP contribution in [0, 0.1) is 0 Å². The van der Waals surface area contributed by atoms with E-state index < -0.39 is 5.91 Å². The molecule has 0 aliphatic carbocycles. The second kappa shape index (κ2) is 7.36. The number of carbonyl (C=O) groups is 1. The Morgan fingerprint density at radius 1 is 1.38 bits per heavy atom. The van der Waals surface area contributed by atoms with Gasteiger partial charge in [-0.2, -0.15) is 5.10 Å². The highest BCUT2D eigenvalue weighted by molar-refractivity contribution is 7.18. The lowest BCUT2D eigenvalue weighted by molar-refractivity contribution is -0.121. The van der Waals surface area contributed by atoms with Crippen LogP contribution in [0.25, 0.3) is 10.2 Å². The first-order chi connectivity index (χ1) is 12.5.